The maximum Gasteiger partial charge on any atom is 0.0466 e. The van der Waals surface area contributed by atoms with Gasteiger partial charge in [-0.25, -0.2) is 0 Å². The van der Waals surface area contributed by atoms with Crippen LogP contribution in [-0.2, 0) is 12.8 Å². The number of thiophene rings is 1. The Morgan fingerprint density at radius 2 is 2.06 bits per heavy atom. The highest BCUT2D eigenvalue weighted by Gasteiger charge is 2.12. The van der Waals surface area contributed by atoms with Gasteiger partial charge < -0.3 is 0 Å². The molecule has 3 N–H and O–H groups in total. The smallest absolute Gasteiger partial charge is 0.0466 e. The van der Waals surface area contributed by atoms with Gasteiger partial charge >= 0.3 is 0 Å². The lowest BCUT2D eigenvalue weighted by Gasteiger charge is -2.19. The molecule has 1 heterocycles. The van der Waals surface area contributed by atoms with Crippen molar-refractivity contribution in [1.29, 1.82) is 0 Å². The van der Waals surface area contributed by atoms with Gasteiger partial charge in [0.25, 0.3) is 0 Å². The maximum absolute atomic E-state index is 5.72. The number of hydrogen-bond acceptors (Lipinski definition) is 3. The fraction of sp³-hybridized carbons (Fsp3) is 0.333. The first-order valence-corrected chi connectivity index (χ1v) is 7.29. The monoisotopic (exact) mass is 260 g/mol. The molecule has 0 fully saturated rings. The molecule has 2 aromatic rings. The Balaban J connectivity index is 2.08. The summed E-state index contributed by atoms with van der Waals surface area (Å²) < 4.78 is 0. The SMILES string of the molecule is CCc1ccccc1C(CCc1cccs1)NN. The lowest BCUT2D eigenvalue weighted by atomic mass is 9.95. The minimum Gasteiger partial charge on any atom is -0.271 e. The van der Waals surface area contributed by atoms with E-state index < -0.39 is 0 Å². The van der Waals surface area contributed by atoms with Crippen LogP contribution in [0.4, 0.5) is 0 Å². The van der Waals surface area contributed by atoms with Crippen molar-refractivity contribution in [1.82, 2.24) is 5.43 Å². The van der Waals surface area contributed by atoms with Gasteiger partial charge in [-0.05, 0) is 41.8 Å². The van der Waals surface area contributed by atoms with Crippen molar-refractivity contribution in [3.8, 4) is 0 Å². The quantitative estimate of drug-likeness (QED) is 0.616. The largest absolute Gasteiger partial charge is 0.271 e. The van der Waals surface area contributed by atoms with Gasteiger partial charge in [-0.1, -0.05) is 37.3 Å². The molecule has 0 saturated heterocycles. The summed E-state index contributed by atoms with van der Waals surface area (Å²) in [5.74, 6) is 5.72. The molecule has 96 valence electrons. The van der Waals surface area contributed by atoms with Crippen molar-refractivity contribution in [3.63, 3.8) is 0 Å². The zero-order valence-corrected chi connectivity index (χ0v) is 11.5. The lowest BCUT2D eigenvalue weighted by molar-refractivity contribution is 0.514. The van der Waals surface area contributed by atoms with E-state index in [1.165, 1.54) is 16.0 Å². The second kappa shape index (κ2) is 6.69. The predicted molar refractivity (Wildman–Crippen MR) is 78.5 cm³/mol. The van der Waals surface area contributed by atoms with Gasteiger partial charge in [0.1, 0.15) is 0 Å². The van der Waals surface area contributed by atoms with Crippen molar-refractivity contribution < 1.29 is 0 Å². The van der Waals surface area contributed by atoms with Crippen molar-refractivity contribution in [2.45, 2.75) is 32.2 Å². The van der Waals surface area contributed by atoms with Gasteiger partial charge in [0.15, 0.2) is 0 Å². The van der Waals surface area contributed by atoms with Crippen molar-refractivity contribution in [2.24, 2.45) is 5.84 Å². The average molecular weight is 260 g/mol. The van der Waals surface area contributed by atoms with Crippen LogP contribution in [0.25, 0.3) is 0 Å². The summed E-state index contributed by atoms with van der Waals surface area (Å²) in [6.07, 6.45) is 3.16. The van der Waals surface area contributed by atoms with E-state index in [4.69, 9.17) is 5.84 Å². The maximum atomic E-state index is 5.72. The van der Waals surface area contributed by atoms with Crippen LogP contribution in [0.1, 0.15) is 35.4 Å². The van der Waals surface area contributed by atoms with Crippen molar-refractivity contribution in [2.75, 3.05) is 0 Å². The molecule has 0 spiro atoms. The molecule has 1 unspecified atom stereocenters. The van der Waals surface area contributed by atoms with E-state index in [0.29, 0.717) is 0 Å². The fourth-order valence-corrected chi connectivity index (χ4v) is 2.99. The molecule has 1 aromatic heterocycles. The molecule has 0 amide bonds. The molecule has 1 atom stereocenters. The van der Waals surface area contributed by atoms with E-state index in [1.807, 2.05) is 11.3 Å². The highest BCUT2D eigenvalue weighted by atomic mass is 32.1. The molecule has 18 heavy (non-hydrogen) atoms. The summed E-state index contributed by atoms with van der Waals surface area (Å²) >= 11 is 1.81. The van der Waals surface area contributed by atoms with Crippen molar-refractivity contribution >= 4 is 11.3 Å². The Hall–Kier alpha value is -1.16. The zero-order chi connectivity index (χ0) is 12.8. The van der Waals surface area contributed by atoms with E-state index in [0.717, 1.165) is 19.3 Å². The summed E-state index contributed by atoms with van der Waals surface area (Å²) in [7, 11) is 0. The third-order valence-corrected chi connectivity index (χ3v) is 4.21. The van der Waals surface area contributed by atoms with Gasteiger partial charge in [0.2, 0.25) is 0 Å². The first kappa shape index (κ1) is 13.3. The Bertz CT molecular complexity index is 465. The number of hydrogen-bond donors (Lipinski definition) is 2. The minimum absolute atomic E-state index is 0.239. The van der Waals surface area contributed by atoms with Crippen LogP contribution in [0.3, 0.4) is 0 Å². The van der Waals surface area contributed by atoms with Crippen LogP contribution in [0.2, 0.25) is 0 Å². The van der Waals surface area contributed by atoms with Gasteiger partial charge in [-0.3, -0.25) is 11.3 Å². The third kappa shape index (κ3) is 3.19. The molecular weight excluding hydrogens is 240 g/mol. The third-order valence-electron chi connectivity index (χ3n) is 3.27. The second-order valence-corrected chi connectivity index (χ2v) is 5.42. The number of benzene rings is 1. The van der Waals surface area contributed by atoms with Gasteiger partial charge in [0.05, 0.1) is 0 Å². The summed E-state index contributed by atoms with van der Waals surface area (Å²) in [5.41, 5.74) is 5.67. The van der Waals surface area contributed by atoms with Gasteiger partial charge in [-0.15, -0.1) is 11.3 Å². The molecule has 1 aromatic carbocycles. The number of rotatable bonds is 6. The van der Waals surface area contributed by atoms with Crippen LogP contribution < -0.4 is 11.3 Å². The Morgan fingerprint density at radius 3 is 2.72 bits per heavy atom. The molecule has 2 nitrogen and oxygen atoms in total. The van der Waals surface area contributed by atoms with Gasteiger partial charge in [0, 0.05) is 10.9 Å². The van der Waals surface area contributed by atoms with Crippen LogP contribution >= 0.6 is 11.3 Å². The Labute approximate surface area is 113 Å². The number of hydrazine groups is 1. The molecule has 0 saturated carbocycles. The topological polar surface area (TPSA) is 38.0 Å². The molecule has 2 rings (SSSR count). The van der Waals surface area contributed by atoms with E-state index in [1.54, 1.807) is 0 Å². The molecular formula is C15H20N2S. The number of aryl methyl sites for hydroxylation is 2. The summed E-state index contributed by atoms with van der Waals surface area (Å²) in [4.78, 5) is 1.42. The van der Waals surface area contributed by atoms with E-state index in [9.17, 15) is 0 Å². The molecule has 0 radical (unpaired) electrons. The highest BCUT2D eigenvalue weighted by molar-refractivity contribution is 7.09. The first-order valence-electron chi connectivity index (χ1n) is 6.41. The predicted octanol–water partition coefficient (Wildman–Crippen LogP) is 3.45. The van der Waals surface area contributed by atoms with Gasteiger partial charge in [-0.2, -0.15) is 0 Å². The van der Waals surface area contributed by atoms with E-state index >= 15 is 0 Å². The van der Waals surface area contributed by atoms with Crippen LogP contribution in [-0.4, -0.2) is 0 Å². The lowest BCUT2D eigenvalue weighted by Crippen LogP contribution is -2.29. The minimum atomic E-state index is 0.239. The average Bonchev–Trinajstić information content (AvgIpc) is 2.93. The molecule has 0 aliphatic carbocycles. The molecule has 0 bridgehead atoms. The van der Waals surface area contributed by atoms with Crippen molar-refractivity contribution in [3.05, 3.63) is 57.8 Å². The second-order valence-electron chi connectivity index (χ2n) is 4.39. The molecule has 3 heteroatoms. The molecule has 0 aliphatic heterocycles. The first-order chi connectivity index (χ1) is 8.85. The zero-order valence-electron chi connectivity index (χ0n) is 10.7. The highest BCUT2D eigenvalue weighted by Crippen LogP contribution is 2.23. The Morgan fingerprint density at radius 1 is 1.22 bits per heavy atom. The number of nitrogens with two attached hydrogens (primary N) is 1. The summed E-state index contributed by atoms with van der Waals surface area (Å²) in [5, 5.41) is 2.13. The summed E-state index contributed by atoms with van der Waals surface area (Å²) in [6, 6.07) is 13.1. The van der Waals surface area contributed by atoms with Crippen LogP contribution in [0.5, 0.6) is 0 Å². The van der Waals surface area contributed by atoms with E-state index in [2.05, 4.69) is 54.1 Å². The van der Waals surface area contributed by atoms with Crippen LogP contribution in [0, 0.1) is 0 Å². The summed E-state index contributed by atoms with van der Waals surface area (Å²) in [6.45, 7) is 2.19. The fourth-order valence-electron chi connectivity index (χ4n) is 2.27. The normalized spacial score (nSPS) is 12.6. The van der Waals surface area contributed by atoms with Crippen LogP contribution in [0.15, 0.2) is 41.8 Å². The Kier molecular flexibility index (Phi) is 4.93. The van der Waals surface area contributed by atoms with E-state index in [-0.39, 0.29) is 6.04 Å². The molecule has 0 aliphatic rings. The number of nitrogens with one attached hydrogen (secondary N) is 1. The standard InChI is InChI=1S/C15H20N2S/c1-2-12-6-3-4-8-14(12)15(17-16)10-9-13-7-5-11-18-13/h3-8,11,15,17H,2,9-10,16H2,1H3.